The van der Waals surface area contributed by atoms with E-state index < -0.39 is 23.3 Å². The molecule has 0 aliphatic rings. The molecule has 0 fully saturated rings. The number of rotatable bonds is 27. The molecule has 2 aromatic rings. The fraction of sp³-hybridized carbons (Fsp3) is 0.605. The minimum atomic E-state index is -0.544. The topological polar surface area (TPSA) is 171 Å². The number of carbonyl (C=O) groups is 3. The number of hydrogen-bond donors (Lipinski definition) is 7. The zero-order valence-electron chi connectivity index (χ0n) is 29.5. The van der Waals surface area contributed by atoms with Gasteiger partial charge in [-0.1, -0.05) is 109 Å². The number of nitrogens with zero attached hydrogens (tertiary/aromatic N) is 1. The van der Waals surface area contributed by atoms with E-state index in [0.29, 0.717) is 32.6 Å². The van der Waals surface area contributed by atoms with Gasteiger partial charge in [-0.3, -0.25) is 19.3 Å². The molecule has 0 aliphatic carbocycles. The van der Waals surface area contributed by atoms with Crippen molar-refractivity contribution >= 4 is 17.7 Å². The van der Waals surface area contributed by atoms with Crippen LogP contribution in [0.4, 0.5) is 0 Å². The summed E-state index contributed by atoms with van der Waals surface area (Å²) in [5, 5.41) is 47.8. The largest absolute Gasteiger partial charge is 0.504 e. The van der Waals surface area contributed by atoms with Crippen LogP contribution in [0.3, 0.4) is 0 Å². The Morgan fingerprint density at radius 1 is 0.531 bits per heavy atom. The van der Waals surface area contributed by atoms with Gasteiger partial charge in [-0.2, -0.15) is 0 Å². The molecule has 0 spiro atoms. The van der Waals surface area contributed by atoms with E-state index in [-0.39, 0.29) is 41.6 Å². The van der Waals surface area contributed by atoms with Crippen molar-refractivity contribution in [3.05, 3.63) is 47.5 Å². The molecule has 274 valence electrons. The maximum atomic E-state index is 12.5. The summed E-state index contributed by atoms with van der Waals surface area (Å²) >= 11 is 0. The lowest BCUT2D eigenvalue weighted by Crippen LogP contribution is -2.43. The molecule has 7 N–H and O–H groups in total. The number of unbranched alkanes of at least 4 members (excludes halogenated alkanes) is 14. The van der Waals surface area contributed by atoms with Crippen molar-refractivity contribution in [2.24, 2.45) is 0 Å². The van der Waals surface area contributed by atoms with Crippen molar-refractivity contribution < 1.29 is 34.8 Å². The number of aromatic hydroxyl groups is 4. The quantitative estimate of drug-likeness (QED) is 0.0422. The third-order valence-electron chi connectivity index (χ3n) is 8.70. The Morgan fingerprint density at radius 2 is 0.898 bits per heavy atom. The average molecular weight is 685 g/mol. The second kappa shape index (κ2) is 25.0. The Balaban J connectivity index is 1.66. The van der Waals surface area contributed by atoms with Gasteiger partial charge < -0.3 is 36.4 Å². The van der Waals surface area contributed by atoms with E-state index in [9.17, 15) is 34.8 Å². The first kappa shape index (κ1) is 41.2. The first-order chi connectivity index (χ1) is 23.7. The molecule has 0 saturated heterocycles. The number of phenolic OH excluding ortho intramolecular Hbond substituents is 4. The van der Waals surface area contributed by atoms with E-state index in [1.54, 1.807) is 0 Å². The van der Waals surface area contributed by atoms with Gasteiger partial charge in [0.1, 0.15) is 0 Å². The molecular weight excluding hydrogens is 624 g/mol. The van der Waals surface area contributed by atoms with Crippen molar-refractivity contribution in [1.82, 2.24) is 20.9 Å². The van der Waals surface area contributed by atoms with E-state index in [1.807, 2.05) is 4.90 Å². The molecule has 0 aromatic heterocycles. The zero-order valence-corrected chi connectivity index (χ0v) is 29.5. The van der Waals surface area contributed by atoms with Crippen molar-refractivity contribution in [3.63, 3.8) is 0 Å². The van der Waals surface area contributed by atoms with Crippen LogP contribution < -0.4 is 16.0 Å². The van der Waals surface area contributed by atoms with Gasteiger partial charge in [0.2, 0.25) is 5.91 Å². The minimum Gasteiger partial charge on any atom is -0.504 e. The molecule has 2 aromatic carbocycles. The van der Waals surface area contributed by atoms with Gasteiger partial charge in [0.05, 0.1) is 11.1 Å². The summed E-state index contributed by atoms with van der Waals surface area (Å²) in [5.41, 5.74) is -0.0911. The number of phenols is 4. The molecule has 0 heterocycles. The van der Waals surface area contributed by atoms with E-state index >= 15 is 0 Å². The maximum Gasteiger partial charge on any atom is 0.255 e. The summed E-state index contributed by atoms with van der Waals surface area (Å²) in [4.78, 5) is 39.5. The van der Waals surface area contributed by atoms with Crippen LogP contribution in [0.2, 0.25) is 0 Å². The minimum absolute atomic E-state index is 0.00466. The van der Waals surface area contributed by atoms with Gasteiger partial charge in [-0.25, -0.2) is 0 Å². The normalized spacial score (nSPS) is 11.1. The number of nitrogens with one attached hydrogen (secondary N) is 3. The second-order valence-corrected chi connectivity index (χ2v) is 12.7. The van der Waals surface area contributed by atoms with E-state index in [4.69, 9.17) is 0 Å². The second-order valence-electron chi connectivity index (χ2n) is 12.7. The summed E-state index contributed by atoms with van der Waals surface area (Å²) in [6.45, 7) is 4.29. The van der Waals surface area contributed by atoms with Crippen LogP contribution in [-0.4, -0.2) is 82.3 Å². The fourth-order valence-corrected chi connectivity index (χ4v) is 5.71. The lowest BCUT2D eigenvalue weighted by Gasteiger charge is -2.23. The zero-order chi connectivity index (χ0) is 35.7. The number of hydrogen-bond acceptors (Lipinski definition) is 8. The fourth-order valence-electron chi connectivity index (χ4n) is 5.71. The van der Waals surface area contributed by atoms with Gasteiger partial charge in [0, 0.05) is 45.7 Å². The average Bonchev–Trinajstić information content (AvgIpc) is 3.08. The van der Waals surface area contributed by atoms with Gasteiger partial charge in [-0.05, 0) is 30.7 Å². The predicted octanol–water partition coefficient (Wildman–Crippen LogP) is 6.35. The molecule has 2 rings (SSSR count). The van der Waals surface area contributed by atoms with Crippen molar-refractivity contribution in [1.29, 1.82) is 0 Å². The highest BCUT2D eigenvalue weighted by molar-refractivity contribution is 5.98. The maximum absolute atomic E-state index is 12.5. The monoisotopic (exact) mass is 684 g/mol. The van der Waals surface area contributed by atoms with Crippen LogP contribution >= 0.6 is 0 Å². The standard InChI is InChI=1S/C38H60N4O7/c1-2-3-4-5-6-7-8-9-10-11-12-13-14-15-16-23-34(45)39-24-27-42(28-25-40-37(48)30-19-17-21-32(43)35(30)46)29-26-41-38(49)31-20-18-22-33(44)36(31)47/h17-22,43-44,46-47H,2-16,23-29H2,1H3,(H,39,45)(H,40,48)(H,41,49). The summed E-state index contributed by atoms with van der Waals surface area (Å²) < 4.78 is 0. The molecule has 0 saturated carbocycles. The Morgan fingerprint density at radius 3 is 1.31 bits per heavy atom. The van der Waals surface area contributed by atoms with Crippen LogP contribution in [0.5, 0.6) is 23.0 Å². The SMILES string of the molecule is CCCCCCCCCCCCCCCCCC(=O)NCCN(CCNC(=O)c1cccc(O)c1O)CCNC(=O)c1cccc(O)c1O. The third-order valence-corrected chi connectivity index (χ3v) is 8.70. The molecule has 0 atom stereocenters. The van der Waals surface area contributed by atoms with Gasteiger partial charge in [-0.15, -0.1) is 0 Å². The number of amides is 3. The van der Waals surface area contributed by atoms with Crippen molar-refractivity contribution in [2.75, 3.05) is 39.3 Å². The lowest BCUT2D eigenvalue weighted by molar-refractivity contribution is -0.121. The summed E-state index contributed by atoms with van der Waals surface area (Å²) in [7, 11) is 0. The van der Waals surface area contributed by atoms with Gasteiger partial charge in [0.15, 0.2) is 23.0 Å². The molecule has 49 heavy (non-hydrogen) atoms. The molecule has 11 heteroatoms. The Hall–Kier alpha value is -3.99. The molecule has 3 amide bonds. The number of benzene rings is 2. The Labute approximate surface area is 292 Å². The van der Waals surface area contributed by atoms with Crippen LogP contribution in [0.1, 0.15) is 130 Å². The van der Waals surface area contributed by atoms with Crippen LogP contribution in [0.15, 0.2) is 36.4 Å². The van der Waals surface area contributed by atoms with Crippen LogP contribution in [0.25, 0.3) is 0 Å². The molecule has 0 unspecified atom stereocenters. The molecule has 0 bridgehead atoms. The van der Waals surface area contributed by atoms with Gasteiger partial charge >= 0.3 is 0 Å². The van der Waals surface area contributed by atoms with Crippen molar-refractivity contribution in [2.45, 2.75) is 110 Å². The van der Waals surface area contributed by atoms with Crippen molar-refractivity contribution in [3.8, 4) is 23.0 Å². The molecule has 11 nitrogen and oxygen atoms in total. The van der Waals surface area contributed by atoms with Crippen LogP contribution in [0, 0.1) is 0 Å². The number of para-hydroxylation sites is 2. The van der Waals surface area contributed by atoms with E-state index in [2.05, 4.69) is 22.9 Å². The van der Waals surface area contributed by atoms with Crippen LogP contribution in [-0.2, 0) is 4.79 Å². The molecular formula is C38H60N4O7. The first-order valence-corrected chi connectivity index (χ1v) is 18.3. The Bertz CT molecular complexity index is 1190. The molecule has 0 radical (unpaired) electrons. The lowest BCUT2D eigenvalue weighted by atomic mass is 10.0. The highest BCUT2D eigenvalue weighted by Crippen LogP contribution is 2.28. The smallest absolute Gasteiger partial charge is 0.255 e. The predicted molar refractivity (Wildman–Crippen MR) is 193 cm³/mol. The first-order valence-electron chi connectivity index (χ1n) is 18.3. The summed E-state index contributed by atoms with van der Waals surface area (Å²) in [6.07, 6.45) is 19.6. The highest BCUT2D eigenvalue weighted by Gasteiger charge is 2.16. The summed E-state index contributed by atoms with van der Waals surface area (Å²) in [5.74, 6) is -2.85. The number of carbonyl (C=O) groups excluding carboxylic acids is 3. The van der Waals surface area contributed by atoms with Gasteiger partial charge in [0.25, 0.3) is 11.8 Å². The van der Waals surface area contributed by atoms with E-state index in [0.717, 1.165) is 19.3 Å². The third kappa shape index (κ3) is 17.3. The summed E-state index contributed by atoms with van der Waals surface area (Å²) in [6, 6.07) is 8.31. The van der Waals surface area contributed by atoms with E-state index in [1.165, 1.54) is 113 Å². The highest BCUT2D eigenvalue weighted by atomic mass is 16.3. The Kier molecular flexibility index (Phi) is 21.1. The molecule has 0 aliphatic heterocycles.